The number of rotatable bonds is 6. The number of carbonyl (C=O) groups is 2. The summed E-state index contributed by atoms with van der Waals surface area (Å²) < 4.78 is 15.6. The third-order valence-corrected chi connectivity index (χ3v) is 3.89. The van der Waals surface area contributed by atoms with Crippen LogP contribution in [0.15, 0.2) is 18.2 Å². The second-order valence-corrected chi connectivity index (χ2v) is 5.69. The van der Waals surface area contributed by atoms with Gasteiger partial charge in [-0.25, -0.2) is 4.79 Å². The Bertz CT molecular complexity index is 572. The quantitative estimate of drug-likeness (QED) is 0.805. The van der Waals surface area contributed by atoms with Gasteiger partial charge in [0.05, 0.1) is 30.4 Å². The molecule has 1 N–H and O–H groups in total. The molecule has 1 saturated heterocycles. The van der Waals surface area contributed by atoms with E-state index in [9.17, 15) is 9.59 Å². The molecule has 126 valence electrons. The van der Waals surface area contributed by atoms with Crippen LogP contribution in [0.2, 0.25) is 5.02 Å². The van der Waals surface area contributed by atoms with Crippen LogP contribution in [0.3, 0.4) is 0 Å². The van der Waals surface area contributed by atoms with E-state index in [2.05, 4.69) is 10.1 Å². The lowest BCUT2D eigenvalue weighted by molar-refractivity contribution is -0.128. The van der Waals surface area contributed by atoms with E-state index in [-0.39, 0.29) is 22.6 Å². The summed E-state index contributed by atoms with van der Waals surface area (Å²) in [5, 5.41) is 2.95. The van der Waals surface area contributed by atoms with E-state index < -0.39 is 12.1 Å². The van der Waals surface area contributed by atoms with Crippen molar-refractivity contribution in [1.29, 1.82) is 0 Å². The third kappa shape index (κ3) is 4.92. The Hall–Kier alpha value is -1.63. The summed E-state index contributed by atoms with van der Waals surface area (Å²) >= 11 is 5.94. The van der Waals surface area contributed by atoms with Crippen LogP contribution in [-0.2, 0) is 19.0 Å². The summed E-state index contributed by atoms with van der Waals surface area (Å²) in [6.45, 7) is 2.81. The van der Waals surface area contributed by atoms with E-state index in [1.54, 1.807) is 13.0 Å². The number of anilines is 1. The Balaban J connectivity index is 1.92. The summed E-state index contributed by atoms with van der Waals surface area (Å²) in [4.78, 5) is 23.7. The van der Waals surface area contributed by atoms with Crippen LogP contribution in [0.5, 0.6) is 0 Å². The summed E-state index contributed by atoms with van der Waals surface area (Å²) in [6, 6.07) is 4.61. The van der Waals surface area contributed by atoms with Crippen LogP contribution in [0, 0.1) is 0 Å². The van der Waals surface area contributed by atoms with Gasteiger partial charge in [-0.1, -0.05) is 11.6 Å². The number of halogens is 1. The number of amides is 1. The predicted molar refractivity (Wildman–Crippen MR) is 85.8 cm³/mol. The molecule has 0 aliphatic carbocycles. The fourth-order valence-corrected chi connectivity index (χ4v) is 2.41. The fourth-order valence-electron chi connectivity index (χ4n) is 2.22. The standard InChI is InChI=1S/C16H20ClNO5/c1-10(23-9-12-4-3-7-22-12)15(19)18-11-5-6-14(17)13(8-11)16(20)21-2/h5-6,8,10,12H,3-4,7,9H2,1-2H3,(H,18,19)/t10-,12-/m0/s1. The first-order valence-electron chi connectivity index (χ1n) is 7.43. The van der Waals surface area contributed by atoms with Crippen molar-refractivity contribution in [1.82, 2.24) is 0 Å². The highest BCUT2D eigenvalue weighted by Gasteiger charge is 2.20. The van der Waals surface area contributed by atoms with Crippen LogP contribution >= 0.6 is 11.6 Å². The molecule has 7 heteroatoms. The third-order valence-electron chi connectivity index (χ3n) is 3.56. The minimum atomic E-state index is -0.628. The van der Waals surface area contributed by atoms with Crippen molar-refractivity contribution in [2.24, 2.45) is 0 Å². The summed E-state index contributed by atoms with van der Waals surface area (Å²) in [7, 11) is 1.27. The van der Waals surface area contributed by atoms with Crippen molar-refractivity contribution in [3.63, 3.8) is 0 Å². The summed E-state index contributed by atoms with van der Waals surface area (Å²) in [6.07, 6.45) is 1.41. The van der Waals surface area contributed by atoms with Crippen LogP contribution in [0.4, 0.5) is 5.69 Å². The molecule has 0 spiro atoms. The molecule has 0 radical (unpaired) electrons. The molecule has 0 saturated carbocycles. The predicted octanol–water partition coefficient (Wildman–Crippen LogP) is 2.65. The number of ether oxygens (including phenoxy) is 3. The van der Waals surface area contributed by atoms with Crippen molar-refractivity contribution in [3.05, 3.63) is 28.8 Å². The first-order chi connectivity index (χ1) is 11.0. The van der Waals surface area contributed by atoms with Gasteiger partial charge in [-0.2, -0.15) is 0 Å². The summed E-state index contributed by atoms with van der Waals surface area (Å²) in [5.74, 6) is -0.866. The van der Waals surface area contributed by atoms with Gasteiger partial charge in [0.1, 0.15) is 6.10 Å². The molecule has 1 aromatic carbocycles. The molecule has 1 aliphatic heterocycles. The average molecular weight is 342 g/mol. The van der Waals surface area contributed by atoms with E-state index >= 15 is 0 Å². The number of hydrogen-bond donors (Lipinski definition) is 1. The largest absolute Gasteiger partial charge is 0.465 e. The van der Waals surface area contributed by atoms with E-state index in [1.807, 2.05) is 0 Å². The maximum absolute atomic E-state index is 12.1. The first-order valence-corrected chi connectivity index (χ1v) is 7.81. The van der Waals surface area contributed by atoms with Gasteiger partial charge in [0, 0.05) is 12.3 Å². The molecular weight excluding hydrogens is 322 g/mol. The van der Waals surface area contributed by atoms with Crippen LogP contribution < -0.4 is 5.32 Å². The Morgan fingerprint density at radius 1 is 1.48 bits per heavy atom. The molecule has 1 aromatic rings. The van der Waals surface area contributed by atoms with E-state index in [1.165, 1.54) is 19.2 Å². The van der Waals surface area contributed by atoms with Crippen molar-refractivity contribution in [2.45, 2.75) is 32.0 Å². The zero-order chi connectivity index (χ0) is 16.8. The van der Waals surface area contributed by atoms with Crippen LogP contribution in [-0.4, -0.2) is 44.4 Å². The molecule has 23 heavy (non-hydrogen) atoms. The van der Waals surface area contributed by atoms with Gasteiger partial charge in [0.25, 0.3) is 5.91 Å². The van der Waals surface area contributed by atoms with Crippen molar-refractivity contribution in [3.8, 4) is 0 Å². The molecule has 1 aliphatic rings. The molecular formula is C16H20ClNO5. The number of esters is 1. The topological polar surface area (TPSA) is 73.9 Å². The lowest BCUT2D eigenvalue weighted by atomic mass is 10.2. The van der Waals surface area contributed by atoms with E-state index in [0.29, 0.717) is 12.3 Å². The highest BCUT2D eigenvalue weighted by Crippen LogP contribution is 2.21. The molecule has 1 fully saturated rings. The minimum Gasteiger partial charge on any atom is -0.465 e. The monoisotopic (exact) mass is 341 g/mol. The molecule has 1 amide bonds. The fraction of sp³-hybridized carbons (Fsp3) is 0.500. The van der Waals surface area contributed by atoms with Gasteiger partial charge in [0.2, 0.25) is 0 Å². The molecule has 0 unspecified atom stereocenters. The molecule has 6 nitrogen and oxygen atoms in total. The van der Waals surface area contributed by atoms with Gasteiger partial charge in [-0.05, 0) is 38.0 Å². The van der Waals surface area contributed by atoms with Crippen LogP contribution in [0.1, 0.15) is 30.1 Å². The Labute approximate surface area is 140 Å². The van der Waals surface area contributed by atoms with Gasteiger partial charge in [-0.3, -0.25) is 4.79 Å². The highest BCUT2D eigenvalue weighted by atomic mass is 35.5. The normalized spacial score (nSPS) is 18.5. The van der Waals surface area contributed by atoms with Gasteiger partial charge >= 0.3 is 5.97 Å². The molecule has 0 bridgehead atoms. The number of benzene rings is 1. The van der Waals surface area contributed by atoms with Crippen LogP contribution in [0.25, 0.3) is 0 Å². The maximum Gasteiger partial charge on any atom is 0.339 e. The minimum absolute atomic E-state index is 0.0618. The van der Waals surface area contributed by atoms with Gasteiger partial charge < -0.3 is 19.5 Å². The summed E-state index contributed by atoms with van der Waals surface area (Å²) in [5.41, 5.74) is 0.646. The zero-order valence-corrected chi connectivity index (χ0v) is 13.9. The van der Waals surface area contributed by atoms with Gasteiger partial charge in [-0.15, -0.1) is 0 Å². The van der Waals surface area contributed by atoms with Crippen molar-refractivity contribution < 1.29 is 23.8 Å². The lowest BCUT2D eigenvalue weighted by Crippen LogP contribution is -2.30. The number of hydrogen-bond acceptors (Lipinski definition) is 5. The van der Waals surface area contributed by atoms with Crippen molar-refractivity contribution >= 4 is 29.2 Å². The smallest absolute Gasteiger partial charge is 0.339 e. The molecule has 2 atom stereocenters. The lowest BCUT2D eigenvalue weighted by Gasteiger charge is -2.16. The molecule has 1 heterocycles. The number of carbonyl (C=O) groups excluding carboxylic acids is 2. The average Bonchev–Trinajstić information content (AvgIpc) is 3.07. The second kappa shape index (κ2) is 8.29. The first kappa shape index (κ1) is 17.7. The van der Waals surface area contributed by atoms with E-state index in [4.69, 9.17) is 21.1 Å². The zero-order valence-electron chi connectivity index (χ0n) is 13.1. The van der Waals surface area contributed by atoms with Crippen molar-refractivity contribution in [2.75, 3.05) is 25.6 Å². The Morgan fingerprint density at radius 3 is 2.91 bits per heavy atom. The SMILES string of the molecule is COC(=O)c1cc(NC(=O)[C@H](C)OC[C@@H]2CCCO2)ccc1Cl. The van der Waals surface area contributed by atoms with Gasteiger partial charge in [0.15, 0.2) is 0 Å². The molecule has 0 aromatic heterocycles. The Kier molecular flexibility index (Phi) is 6.38. The highest BCUT2D eigenvalue weighted by molar-refractivity contribution is 6.33. The second-order valence-electron chi connectivity index (χ2n) is 5.29. The number of methoxy groups -OCH3 is 1. The Morgan fingerprint density at radius 2 is 2.26 bits per heavy atom. The number of nitrogens with one attached hydrogen (secondary N) is 1. The molecule has 2 rings (SSSR count). The maximum atomic E-state index is 12.1. The van der Waals surface area contributed by atoms with E-state index in [0.717, 1.165) is 19.4 Å².